The number of thiocarbonyl (C=S) groups is 1. The van der Waals surface area contributed by atoms with E-state index in [1.807, 2.05) is 19.1 Å². The average molecular weight is 391 g/mol. The smallest absolute Gasteiger partial charge is 0.262 e. The van der Waals surface area contributed by atoms with E-state index >= 15 is 0 Å². The van der Waals surface area contributed by atoms with Crippen molar-refractivity contribution in [3.8, 4) is 0 Å². The Kier molecular flexibility index (Phi) is 9.07. The highest BCUT2D eigenvalue weighted by molar-refractivity contribution is 7.80. The van der Waals surface area contributed by atoms with Crippen LogP contribution in [0.15, 0.2) is 30.3 Å². The zero-order valence-electron chi connectivity index (χ0n) is 16.2. The molecule has 1 fully saturated rings. The molecule has 0 spiro atoms. The predicted molar refractivity (Wildman–Crippen MR) is 115 cm³/mol. The summed E-state index contributed by atoms with van der Waals surface area (Å²) in [7, 11) is 1.63. The molecule has 1 heterocycles. The highest BCUT2D eigenvalue weighted by Gasteiger charge is 2.09. The molecule has 3 N–H and O–H groups in total. The minimum Gasteiger partial charge on any atom is -0.383 e. The van der Waals surface area contributed by atoms with Gasteiger partial charge in [-0.15, -0.1) is 0 Å². The number of nitrogens with zero attached hydrogens (tertiary/aromatic N) is 1. The van der Waals surface area contributed by atoms with Gasteiger partial charge in [0.15, 0.2) is 5.11 Å². The summed E-state index contributed by atoms with van der Waals surface area (Å²) in [5, 5.41) is 3.35. The van der Waals surface area contributed by atoms with E-state index < -0.39 is 0 Å². The molecule has 0 unspecified atom stereocenters. The summed E-state index contributed by atoms with van der Waals surface area (Å²) in [5.74, 6) is -0.268. The van der Waals surface area contributed by atoms with Gasteiger partial charge in [0.2, 0.25) is 0 Å². The number of amides is 1. The van der Waals surface area contributed by atoms with Crippen molar-refractivity contribution in [1.82, 2.24) is 16.2 Å². The third-order valence-electron chi connectivity index (χ3n) is 4.38. The number of ether oxygens (including phenoxy) is 1. The normalized spacial score (nSPS) is 15.9. The van der Waals surface area contributed by atoms with E-state index in [0.29, 0.717) is 11.7 Å². The largest absolute Gasteiger partial charge is 0.383 e. The Balaban J connectivity index is 1.77. The number of anilines is 1. The van der Waals surface area contributed by atoms with Crippen LogP contribution in [0, 0.1) is 0 Å². The van der Waals surface area contributed by atoms with Crippen LogP contribution in [-0.2, 0) is 9.53 Å². The fraction of sp³-hybridized carbons (Fsp3) is 0.500. The van der Waals surface area contributed by atoms with E-state index in [1.165, 1.54) is 37.4 Å². The van der Waals surface area contributed by atoms with Crippen molar-refractivity contribution < 1.29 is 9.53 Å². The molecule has 148 valence electrons. The second-order valence-electron chi connectivity index (χ2n) is 6.77. The topological polar surface area (TPSA) is 65.6 Å². The number of hydrogen-bond donors (Lipinski definition) is 3. The predicted octanol–water partition coefficient (Wildman–Crippen LogP) is 2.61. The molecule has 1 aliphatic heterocycles. The lowest BCUT2D eigenvalue weighted by Crippen LogP contribution is -2.49. The lowest BCUT2D eigenvalue weighted by molar-refractivity contribution is -0.116. The van der Waals surface area contributed by atoms with Crippen LogP contribution >= 0.6 is 12.2 Å². The molecular weight excluding hydrogens is 360 g/mol. The molecule has 1 aromatic carbocycles. The monoisotopic (exact) mass is 390 g/mol. The van der Waals surface area contributed by atoms with Crippen molar-refractivity contribution in [1.29, 1.82) is 0 Å². The first kappa shape index (κ1) is 21.2. The molecule has 7 heteroatoms. The van der Waals surface area contributed by atoms with Gasteiger partial charge in [-0.2, -0.15) is 0 Å². The minimum absolute atomic E-state index is 0.0603. The molecule has 1 atom stereocenters. The average Bonchev–Trinajstić information content (AvgIpc) is 2.95. The minimum atomic E-state index is -0.268. The summed E-state index contributed by atoms with van der Waals surface area (Å²) in [4.78, 5) is 14.3. The van der Waals surface area contributed by atoms with E-state index in [1.54, 1.807) is 13.2 Å². The Morgan fingerprint density at radius 2 is 1.85 bits per heavy atom. The summed E-state index contributed by atoms with van der Waals surface area (Å²) in [6, 6.07) is 8.38. The molecule has 1 aliphatic rings. The molecule has 0 radical (unpaired) electrons. The SMILES string of the molecule is COC[C@H](C)NC(=S)NNC(=O)/C=C/c1ccc(N2CCCCCC2)cc1. The van der Waals surface area contributed by atoms with Gasteiger partial charge in [-0.25, -0.2) is 0 Å². The third-order valence-corrected chi connectivity index (χ3v) is 4.60. The summed E-state index contributed by atoms with van der Waals surface area (Å²) in [5.41, 5.74) is 7.45. The van der Waals surface area contributed by atoms with E-state index in [4.69, 9.17) is 17.0 Å². The van der Waals surface area contributed by atoms with Crippen molar-refractivity contribution in [2.75, 3.05) is 31.7 Å². The van der Waals surface area contributed by atoms with Crippen LogP contribution in [0.5, 0.6) is 0 Å². The van der Waals surface area contributed by atoms with Crippen LogP contribution in [0.1, 0.15) is 38.2 Å². The number of hydrazine groups is 1. The lowest BCUT2D eigenvalue weighted by atomic mass is 10.1. The quantitative estimate of drug-likeness (QED) is 0.394. The van der Waals surface area contributed by atoms with Crippen molar-refractivity contribution >= 4 is 35.0 Å². The molecule has 1 saturated heterocycles. The Hall–Kier alpha value is -2.12. The molecule has 0 aromatic heterocycles. The first-order chi connectivity index (χ1) is 13.1. The number of carbonyl (C=O) groups excluding carboxylic acids is 1. The standard InChI is InChI=1S/C20H30N4O2S/c1-16(15-26-2)21-20(27)23-22-19(25)12-9-17-7-10-18(11-8-17)24-13-5-3-4-6-14-24/h7-12,16H,3-6,13-15H2,1-2H3,(H,22,25)(H2,21,23,27)/b12-9+/t16-/m0/s1. The Morgan fingerprint density at radius 3 is 2.48 bits per heavy atom. The Labute approximate surface area is 167 Å². The van der Waals surface area contributed by atoms with Crippen LogP contribution in [0.3, 0.4) is 0 Å². The zero-order chi connectivity index (χ0) is 19.5. The molecule has 0 aliphatic carbocycles. The highest BCUT2D eigenvalue weighted by atomic mass is 32.1. The number of benzene rings is 1. The van der Waals surface area contributed by atoms with Crippen LogP contribution in [0.4, 0.5) is 5.69 Å². The highest BCUT2D eigenvalue weighted by Crippen LogP contribution is 2.20. The van der Waals surface area contributed by atoms with Gasteiger partial charge in [0, 0.05) is 38.0 Å². The number of hydrogen-bond acceptors (Lipinski definition) is 4. The van der Waals surface area contributed by atoms with Gasteiger partial charge in [-0.05, 0) is 55.8 Å². The van der Waals surface area contributed by atoms with Crippen molar-refractivity contribution in [3.05, 3.63) is 35.9 Å². The maximum absolute atomic E-state index is 11.9. The van der Waals surface area contributed by atoms with E-state index in [2.05, 4.69) is 33.2 Å². The van der Waals surface area contributed by atoms with Crippen LogP contribution in [-0.4, -0.2) is 43.9 Å². The maximum Gasteiger partial charge on any atom is 0.262 e. The molecule has 1 aromatic rings. The summed E-state index contributed by atoms with van der Waals surface area (Å²) in [6.07, 6.45) is 8.43. The van der Waals surface area contributed by atoms with Gasteiger partial charge in [-0.3, -0.25) is 15.6 Å². The maximum atomic E-state index is 11.9. The van der Waals surface area contributed by atoms with Gasteiger partial charge < -0.3 is 15.0 Å². The molecule has 1 amide bonds. The number of rotatable bonds is 6. The first-order valence-corrected chi connectivity index (χ1v) is 9.88. The summed E-state index contributed by atoms with van der Waals surface area (Å²) in [6.45, 7) is 4.72. The summed E-state index contributed by atoms with van der Waals surface area (Å²) < 4.78 is 5.02. The van der Waals surface area contributed by atoms with E-state index in [9.17, 15) is 4.79 Å². The van der Waals surface area contributed by atoms with Crippen LogP contribution in [0.25, 0.3) is 6.08 Å². The Morgan fingerprint density at radius 1 is 1.19 bits per heavy atom. The molecule has 0 bridgehead atoms. The molecule has 27 heavy (non-hydrogen) atoms. The fourth-order valence-corrected chi connectivity index (χ4v) is 3.26. The van der Waals surface area contributed by atoms with Crippen molar-refractivity contribution in [2.24, 2.45) is 0 Å². The van der Waals surface area contributed by atoms with Crippen LogP contribution < -0.4 is 21.1 Å². The van der Waals surface area contributed by atoms with Gasteiger partial charge in [0.1, 0.15) is 0 Å². The first-order valence-electron chi connectivity index (χ1n) is 9.47. The number of carbonyl (C=O) groups is 1. The molecule has 0 saturated carbocycles. The molecule has 6 nitrogen and oxygen atoms in total. The van der Waals surface area contributed by atoms with E-state index in [0.717, 1.165) is 18.7 Å². The van der Waals surface area contributed by atoms with E-state index in [-0.39, 0.29) is 11.9 Å². The van der Waals surface area contributed by atoms with Gasteiger partial charge in [0.25, 0.3) is 5.91 Å². The van der Waals surface area contributed by atoms with Gasteiger partial charge in [0.05, 0.1) is 6.61 Å². The third kappa shape index (κ3) is 7.97. The zero-order valence-corrected chi connectivity index (χ0v) is 17.0. The number of nitrogens with one attached hydrogen (secondary N) is 3. The van der Waals surface area contributed by atoms with Gasteiger partial charge in [-0.1, -0.05) is 25.0 Å². The van der Waals surface area contributed by atoms with Crippen molar-refractivity contribution in [2.45, 2.75) is 38.6 Å². The lowest BCUT2D eigenvalue weighted by Gasteiger charge is -2.22. The van der Waals surface area contributed by atoms with Crippen LogP contribution in [0.2, 0.25) is 0 Å². The molecular formula is C20H30N4O2S. The fourth-order valence-electron chi connectivity index (χ4n) is 3.01. The van der Waals surface area contributed by atoms with Crippen molar-refractivity contribution in [3.63, 3.8) is 0 Å². The van der Waals surface area contributed by atoms with Gasteiger partial charge >= 0.3 is 0 Å². The number of methoxy groups -OCH3 is 1. The Bertz CT molecular complexity index is 625. The summed E-state index contributed by atoms with van der Waals surface area (Å²) >= 11 is 5.11. The molecule has 2 rings (SSSR count). The second kappa shape index (κ2) is 11.6. The second-order valence-corrected chi connectivity index (χ2v) is 7.18.